The van der Waals surface area contributed by atoms with E-state index < -0.39 is 6.10 Å². The largest absolute Gasteiger partial charge is 0.469 e. The SMILES string of the molecule is COC(=O)CCC(NC(C)(C)C)C(O)c1ccc(F)cc1. The number of halogens is 1. The molecule has 2 N–H and O–H groups in total. The number of hydrogen-bond acceptors (Lipinski definition) is 4. The van der Waals surface area contributed by atoms with Gasteiger partial charge in [-0.2, -0.15) is 0 Å². The van der Waals surface area contributed by atoms with Crippen LogP contribution in [0.2, 0.25) is 0 Å². The third-order valence-electron chi connectivity index (χ3n) is 3.10. The first-order valence-electron chi connectivity index (χ1n) is 7.01. The highest BCUT2D eigenvalue weighted by Gasteiger charge is 2.26. The number of ether oxygens (including phenoxy) is 1. The molecule has 118 valence electrons. The Bertz CT molecular complexity index is 454. The Kier molecular flexibility index (Phi) is 6.30. The summed E-state index contributed by atoms with van der Waals surface area (Å²) < 4.78 is 17.6. The molecule has 2 unspecified atom stereocenters. The van der Waals surface area contributed by atoms with Gasteiger partial charge in [-0.15, -0.1) is 0 Å². The van der Waals surface area contributed by atoms with Crippen LogP contribution in [0.15, 0.2) is 24.3 Å². The van der Waals surface area contributed by atoms with Crippen molar-refractivity contribution in [3.63, 3.8) is 0 Å². The Morgan fingerprint density at radius 3 is 2.38 bits per heavy atom. The summed E-state index contributed by atoms with van der Waals surface area (Å²) in [5.41, 5.74) is 0.393. The fourth-order valence-electron chi connectivity index (χ4n) is 2.13. The molecule has 5 heteroatoms. The van der Waals surface area contributed by atoms with Gasteiger partial charge in [0, 0.05) is 18.0 Å². The number of carbonyl (C=O) groups is 1. The predicted octanol–water partition coefficient (Wildman–Crippen LogP) is 2.57. The number of esters is 1. The highest BCUT2D eigenvalue weighted by molar-refractivity contribution is 5.69. The molecule has 1 rings (SSSR count). The number of hydrogen-bond donors (Lipinski definition) is 2. The summed E-state index contributed by atoms with van der Waals surface area (Å²) in [7, 11) is 1.34. The standard InChI is InChI=1S/C16H24FNO3/c1-16(2,3)18-13(9-10-14(19)21-4)15(20)11-5-7-12(17)8-6-11/h5-8,13,15,18,20H,9-10H2,1-4H3. The topological polar surface area (TPSA) is 58.6 Å². The Labute approximate surface area is 125 Å². The summed E-state index contributed by atoms with van der Waals surface area (Å²) in [6.07, 6.45) is -0.181. The van der Waals surface area contributed by atoms with E-state index >= 15 is 0 Å². The lowest BCUT2D eigenvalue weighted by molar-refractivity contribution is -0.141. The van der Waals surface area contributed by atoms with Crippen molar-refractivity contribution in [2.75, 3.05) is 7.11 Å². The second-order valence-corrected chi connectivity index (χ2v) is 6.11. The number of carbonyl (C=O) groups excluding carboxylic acids is 1. The Morgan fingerprint density at radius 1 is 1.33 bits per heavy atom. The minimum absolute atomic E-state index is 0.211. The molecule has 0 radical (unpaired) electrons. The fourth-order valence-corrected chi connectivity index (χ4v) is 2.13. The van der Waals surface area contributed by atoms with Crippen molar-refractivity contribution >= 4 is 5.97 Å². The van der Waals surface area contributed by atoms with Crippen LogP contribution in [-0.2, 0) is 9.53 Å². The highest BCUT2D eigenvalue weighted by Crippen LogP contribution is 2.22. The molecular weight excluding hydrogens is 273 g/mol. The van der Waals surface area contributed by atoms with E-state index in [0.717, 1.165) is 0 Å². The molecule has 1 aromatic carbocycles. The van der Waals surface area contributed by atoms with E-state index in [0.29, 0.717) is 12.0 Å². The van der Waals surface area contributed by atoms with E-state index in [1.54, 1.807) is 12.1 Å². The zero-order valence-electron chi connectivity index (χ0n) is 13.0. The molecule has 0 saturated carbocycles. The summed E-state index contributed by atoms with van der Waals surface area (Å²) in [6, 6.07) is 5.40. The molecule has 0 aliphatic carbocycles. The van der Waals surface area contributed by atoms with E-state index in [-0.39, 0.29) is 29.8 Å². The maximum absolute atomic E-state index is 13.0. The van der Waals surface area contributed by atoms with Gasteiger partial charge in [-0.1, -0.05) is 12.1 Å². The lowest BCUT2D eigenvalue weighted by atomic mass is 9.95. The molecule has 0 aromatic heterocycles. The summed E-state index contributed by atoms with van der Waals surface area (Å²) in [5.74, 6) is -0.664. The molecule has 0 spiro atoms. The number of benzene rings is 1. The lowest BCUT2D eigenvalue weighted by Gasteiger charge is -2.32. The van der Waals surface area contributed by atoms with E-state index in [4.69, 9.17) is 0 Å². The average Bonchev–Trinajstić information content (AvgIpc) is 2.42. The molecule has 0 heterocycles. The van der Waals surface area contributed by atoms with Crippen molar-refractivity contribution in [1.29, 1.82) is 0 Å². The van der Waals surface area contributed by atoms with Gasteiger partial charge in [0.1, 0.15) is 5.82 Å². The van der Waals surface area contributed by atoms with Crippen LogP contribution in [0, 0.1) is 5.82 Å². The normalized spacial score (nSPS) is 14.6. The van der Waals surface area contributed by atoms with Crippen LogP contribution in [0.25, 0.3) is 0 Å². The summed E-state index contributed by atoms with van der Waals surface area (Å²) in [5, 5.41) is 13.8. The number of rotatable bonds is 6. The predicted molar refractivity (Wildman–Crippen MR) is 79.3 cm³/mol. The van der Waals surface area contributed by atoms with E-state index in [2.05, 4.69) is 10.1 Å². The Hall–Kier alpha value is -1.46. The smallest absolute Gasteiger partial charge is 0.305 e. The molecule has 0 fully saturated rings. The van der Waals surface area contributed by atoms with Crippen molar-refractivity contribution in [2.24, 2.45) is 0 Å². The van der Waals surface area contributed by atoms with Gasteiger partial charge in [0.05, 0.1) is 13.2 Å². The molecule has 2 atom stereocenters. The molecular formula is C16H24FNO3. The van der Waals surface area contributed by atoms with Crippen LogP contribution < -0.4 is 5.32 Å². The third-order valence-corrected chi connectivity index (χ3v) is 3.10. The number of aliphatic hydroxyl groups is 1. The van der Waals surface area contributed by atoms with Crippen LogP contribution in [0.5, 0.6) is 0 Å². The van der Waals surface area contributed by atoms with Gasteiger partial charge in [-0.3, -0.25) is 4.79 Å². The van der Waals surface area contributed by atoms with Crippen molar-refractivity contribution in [3.8, 4) is 0 Å². The first-order valence-corrected chi connectivity index (χ1v) is 7.01. The lowest BCUT2D eigenvalue weighted by Crippen LogP contribution is -2.46. The number of aliphatic hydroxyl groups excluding tert-OH is 1. The Balaban J connectivity index is 2.83. The summed E-state index contributed by atoms with van der Waals surface area (Å²) in [4.78, 5) is 11.3. The van der Waals surface area contributed by atoms with Crippen molar-refractivity contribution in [3.05, 3.63) is 35.6 Å². The van der Waals surface area contributed by atoms with Crippen LogP contribution in [0.3, 0.4) is 0 Å². The third kappa shape index (κ3) is 6.23. The van der Waals surface area contributed by atoms with Gasteiger partial charge in [0.25, 0.3) is 0 Å². The van der Waals surface area contributed by atoms with Gasteiger partial charge in [-0.25, -0.2) is 4.39 Å². The average molecular weight is 297 g/mol. The molecule has 0 aliphatic rings. The first kappa shape index (κ1) is 17.6. The van der Waals surface area contributed by atoms with Crippen LogP contribution in [-0.4, -0.2) is 29.8 Å². The zero-order valence-corrected chi connectivity index (χ0v) is 13.0. The van der Waals surface area contributed by atoms with E-state index in [1.807, 2.05) is 20.8 Å². The second kappa shape index (κ2) is 7.52. The van der Waals surface area contributed by atoms with E-state index in [9.17, 15) is 14.3 Å². The quantitative estimate of drug-likeness (QED) is 0.792. The molecule has 4 nitrogen and oxygen atoms in total. The Morgan fingerprint density at radius 2 is 1.90 bits per heavy atom. The molecule has 0 amide bonds. The van der Waals surface area contributed by atoms with Gasteiger partial charge in [-0.05, 0) is 44.9 Å². The molecule has 0 bridgehead atoms. The van der Waals surface area contributed by atoms with Gasteiger partial charge < -0.3 is 15.2 Å². The molecule has 21 heavy (non-hydrogen) atoms. The minimum Gasteiger partial charge on any atom is -0.469 e. The van der Waals surface area contributed by atoms with Crippen LogP contribution in [0.4, 0.5) is 4.39 Å². The highest BCUT2D eigenvalue weighted by atomic mass is 19.1. The molecule has 0 aliphatic heterocycles. The number of nitrogens with one attached hydrogen (secondary N) is 1. The van der Waals surface area contributed by atoms with Crippen LogP contribution >= 0.6 is 0 Å². The molecule has 0 saturated heterocycles. The van der Waals surface area contributed by atoms with Gasteiger partial charge in [0.2, 0.25) is 0 Å². The molecule has 1 aromatic rings. The maximum atomic E-state index is 13.0. The fraction of sp³-hybridized carbons (Fsp3) is 0.562. The van der Waals surface area contributed by atoms with Gasteiger partial charge >= 0.3 is 5.97 Å². The van der Waals surface area contributed by atoms with E-state index in [1.165, 1.54) is 19.2 Å². The summed E-state index contributed by atoms with van der Waals surface area (Å²) >= 11 is 0. The number of methoxy groups -OCH3 is 1. The van der Waals surface area contributed by atoms with Gasteiger partial charge in [0.15, 0.2) is 0 Å². The maximum Gasteiger partial charge on any atom is 0.305 e. The monoisotopic (exact) mass is 297 g/mol. The van der Waals surface area contributed by atoms with Crippen LogP contribution in [0.1, 0.15) is 45.3 Å². The van der Waals surface area contributed by atoms with Crippen molar-refractivity contribution < 1.29 is 19.0 Å². The summed E-state index contributed by atoms with van der Waals surface area (Å²) in [6.45, 7) is 5.95. The first-order chi connectivity index (χ1) is 9.73. The van der Waals surface area contributed by atoms with Crippen molar-refractivity contribution in [2.45, 2.75) is 51.3 Å². The van der Waals surface area contributed by atoms with Crippen molar-refractivity contribution in [1.82, 2.24) is 5.32 Å². The second-order valence-electron chi connectivity index (χ2n) is 6.11. The minimum atomic E-state index is -0.825. The zero-order chi connectivity index (χ0) is 16.0.